The lowest BCUT2D eigenvalue weighted by atomic mass is 10.1. The van der Waals surface area contributed by atoms with Crippen LogP contribution in [0.15, 0.2) is 39.6 Å². The fraction of sp³-hybridized carbons (Fsp3) is 0. The van der Waals surface area contributed by atoms with E-state index in [1.54, 1.807) is 17.6 Å². The molecule has 0 saturated carbocycles. The summed E-state index contributed by atoms with van der Waals surface area (Å²) in [5.41, 5.74) is 3.19. The highest BCUT2D eigenvalue weighted by atomic mass is 32.1. The van der Waals surface area contributed by atoms with Gasteiger partial charge in [-0.15, -0.1) is 21.5 Å². The second-order valence-electron chi connectivity index (χ2n) is 3.67. The summed E-state index contributed by atoms with van der Waals surface area (Å²) in [6.45, 7) is 0. The van der Waals surface area contributed by atoms with E-state index in [0.29, 0.717) is 23.0 Å². The quantitative estimate of drug-likeness (QED) is 0.788. The van der Waals surface area contributed by atoms with Crippen LogP contribution in [-0.4, -0.2) is 26.3 Å². The molecule has 2 heterocycles. The summed E-state index contributed by atoms with van der Waals surface area (Å²) in [5.74, 6) is -0.293. The van der Waals surface area contributed by atoms with E-state index in [-0.39, 0.29) is 5.56 Å². The SMILES string of the molecule is O=C(O)c1ccc(-c2nnc(-c3cscn3)o2)cc1. The molecule has 0 aliphatic heterocycles. The van der Waals surface area contributed by atoms with E-state index >= 15 is 0 Å². The number of hydrogen-bond acceptors (Lipinski definition) is 6. The third-order valence-electron chi connectivity index (χ3n) is 2.46. The van der Waals surface area contributed by atoms with Gasteiger partial charge in [-0.05, 0) is 24.3 Å². The first-order chi connectivity index (χ1) is 9.24. The Morgan fingerprint density at radius 2 is 1.89 bits per heavy atom. The largest absolute Gasteiger partial charge is 0.478 e. The summed E-state index contributed by atoms with van der Waals surface area (Å²) in [5, 5.41) is 18.4. The van der Waals surface area contributed by atoms with Crippen molar-refractivity contribution in [2.24, 2.45) is 0 Å². The molecule has 0 amide bonds. The molecule has 1 aromatic carbocycles. The normalized spacial score (nSPS) is 10.5. The van der Waals surface area contributed by atoms with Crippen LogP contribution < -0.4 is 0 Å². The van der Waals surface area contributed by atoms with Gasteiger partial charge in [0.05, 0.1) is 11.1 Å². The number of carbonyl (C=O) groups is 1. The minimum absolute atomic E-state index is 0.211. The Kier molecular flexibility index (Phi) is 2.81. The van der Waals surface area contributed by atoms with Gasteiger partial charge in [0, 0.05) is 10.9 Å². The average Bonchev–Trinajstić information content (AvgIpc) is 3.10. The van der Waals surface area contributed by atoms with E-state index in [0.717, 1.165) is 0 Å². The summed E-state index contributed by atoms with van der Waals surface area (Å²) in [4.78, 5) is 14.8. The highest BCUT2D eigenvalue weighted by Crippen LogP contribution is 2.23. The molecule has 94 valence electrons. The Labute approximate surface area is 111 Å². The van der Waals surface area contributed by atoms with Crippen LogP contribution >= 0.6 is 11.3 Å². The smallest absolute Gasteiger partial charge is 0.335 e. The Morgan fingerprint density at radius 3 is 2.53 bits per heavy atom. The molecule has 1 N–H and O–H groups in total. The van der Waals surface area contributed by atoms with Gasteiger partial charge in [0.1, 0.15) is 5.69 Å². The topological polar surface area (TPSA) is 89.1 Å². The van der Waals surface area contributed by atoms with Crippen LogP contribution in [0, 0.1) is 0 Å². The van der Waals surface area contributed by atoms with Gasteiger partial charge < -0.3 is 9.52 Å². The van der Waals surface area contributed by atoms with E-state index in [1.807, 2.05) is 5.38 Å². The summed E-state index contributed by atoms with van der Waals surface area (Å²) < 4.78 is 5.49. The van der Waals surface area contributed by atoms with Crippen LogP contribution in [0.4, 0.5) is 0 Å². The minimum atomic E-state index is -0.972. The lowest BCUT2D eigenvalue weighted by molar-refractivity contribution is 0.0697. The fourth-order valence-corrected chi connectivity index (χ4v) is 2.04. The number of thiazole rings is 1. The molecule has 0 radical (unpaired) electrons. The molecule has 0 atom stereocenters. The summed E-state index contributed by atoms with van der Waals surface area (Å²) in [6.07, 6.45) is 0. The van der Waals surface area contributed by atoms with Crippen molar-refractivity contribution in [2.75, 3.05) is 0 Å². The van der Waals surface area contributed by atoms with Crippen molar-refractivity contribution in [2.45, 2.75) is 0 Å². The van der Waals surface area contributed by atoms with Gasteiger partial charge in [-0.2, -0.15) is 0 Å². The molecule has 0 fully saturated rings. The lowest BCUT2D eigenvalue weighted by Crippen LogP contribution is -1.94. The summed E-state index contributed by atoms with van der Waals surface area (Å²) in [6, 6.07) is 6.23. The number of rotatable bonds is 3. The zero-order chi connectivity index (χ0) is 13.2. The number of carboxylic acids is 1. The third kappa shape index (κ3) is 2.23. The maximum atomic E-state index is 10.7. The monoisotopic (exact) mass is 273 g/mol. The fourth-order valence-electron chi connectivity index (χ4n) is 1.52. The molecule has 0 unspecified atom stereocenters. The molecule has 0 aliphatic rings. The second kappa shape index (κ2) is 4.62. The molecule has 0 saturated heterocycles. The first kappa shape index (κ1) is 11.5. The predicted molar refractivity (Wildman–Crippen MR) is 67.8 cm³/mol. The summed E-state index contributed by atoms with van der Waals surface area (Å²) in [7, 11) is 0. The zero-order valence-electron chi connectivity index (χ0n) is 9.48. The van der Waals surface area contributed by atoms with E-state index < -0.39 is 5.97 Å². The first-order valence-electron chi connectivity index (χ1n) is 5.30. The Bertz CT molecular complexity index is 704. The molecule has 3 aromatic rings. The molecule has 7 heteroatoms. The van der Waals surface area contributed by atoms with Crippen LogP contribution in [0.1, 0.15) is 10.4 Å². The van der Waals surface area contributed by atoms with Crippen LogP contribution in [0.3, 0.4) is 0 Å². The molecule has 0 spiro atoms. The number of benzene rings is 1. The van der Waals surface area contributed by atoms with E-state index in [2.05, 4.69) is 15.2 Å². The van der Waals surface area contributed by atoms with Crippen molar-refractivity contribution >= 4 is 17.3 Å². The number of carboxylic acid groups (broad SMARTS) is 1. The van der Waals surface area contributed by atoms with Crippen molar-refractivity contribution in [1.29, 1.82) is 0 Å². The van der Waals surface area contributed by atoms with E-state index in [1.165, 1.54) is 23.5 Å². The van der Waals surface area contributed by atoms with E-state index in [9.17, 15) is 4.79 Å². The zero-order valence-corrected chi connectivity index (χ0v) is 10.3. The van der Waals surface area contributed by atoms with Crippen LogP contribution in [0.5, 0.6) is 0 Å². The van der Waals surface area contributed by atoms with Gasteiger partial charge in [-0.1, -0.05) is 0 Å². The first-order valence-corrected chi connectivity index (χ1v) is 6.24. The van der Waals surface area contributed by atoms with Crippen LogP contribution in [-0.2, 0) is 0 Å². The van der Waals surface area contributed by atoms with Crippen molar-refractivity contribution in [1.82, 2.24) is 15.2 Å². The molecule has 6 nitrogen and oxygen atoms in total. The third-order valence-corrected chi connectivity index (χ3v) is 3.04. The second-order valence-corrected chi connectivity index (χ2v) is 4.39. The molecule has 0 bridgehead atoms. The van der Waals surface area contributed by atoms with E-state index in [4.69, 9.17) is 9.52 Å². The van der Waals surface area contributed by atoms with Gasteiger partial charge in [0.15, 0.2) is 0 Å². The van der Waals surface area contributed by atoms with Crippen LogP contribution in [0.2, 0.25) is 0 Å². The molecule has 3 rings (SSSR count). The molecule has 0 aliphatic carbocycles. The van der Waals surface area contributed by atoms with Crippen molar-refractivity contribution in [3.63, 3.8) is 0 Å². The number of hydrogen-bond donors (Lipinski definition) is 1. The van der Waals surface area contributed by atoms with Gasteiger partial charge in [0.2, 0.25) is 5.89 Å². The van der Waals surface area contributed by atoms with Gasteiger partial charge in [-0.3, -0.25) is 0 Å². The minimum Gasteiger partial charge on any atom is -0.478 e. The van der Waals surface area contributed by atoms with Crippen LogP contribution in [0.25, 0.3) is 23.0 Å². The Balaban J connectivity index is 1.92. The maximum absolute atomic E-state index is 10.7. The highest BCUT2D eigenvalue weighted by Gasteiger charge is 2.12. The number of aromatic carboxylic acids is 1. The Morgan fingerprint density at radius 1 is 1.16 bits per heavy atom. The average molecular weight is 273 g/mol. The number of nitrogens with zero attached hydrogens (tertiary/aromatic N) is 3. The van der Waals surface area contributed by atoms with Crippen molar-refractivity contribution in [3.8, 4) is 23.0 Å². The van der Waals surface area contributed by atoms with Gasteiger partial charge >= 0.3 is 5.97 Å². The molecule has 19 heavy (non-hydrogen) atoms. The maximum Gasteiger partial charge on any atom is 0.335 e. The molecule has 2 aromatic heterocycles. The van der Waals surface area contributed by atoms with Gasteiger partial charge in [-0.25, -0.2) is 9.78 Å². The summed E-state index contributed by atoms with van der Waals surface area (Å²) >= 11 is 1.44. The molecular weight excluding hydrogens is 266 g/mol. The van der Waals surface area contributed by atoms with Crippen molar-refractivity contribution < 1.29 is 14.3 Å². The lowest BCUT2D eigenvalue weighted by Gasteiger charge is -1.96. The number of aromatic nitrogens is 3. The molecular formula is C12H7N3O3S. The standard InChI is InChI=1S/C12H7N3O3S/c16-12(17)8-3-1-7(2-4-8)10-14-15-11(18-10)9-5-19-6-13-9/h1-6H,(H,16,17). The Hall–Kier alpha value is -2.54. The predicted octanol–water partition coefficient (Wildman–Crippen LogP) is 2.56. The van der Waals surface area contributed by atoms with Crippen molar-refractivity contribution in [3.05, 3.63) is 40.7 Å². The van der Waals surface area contributed by atoms with Gasteiger partial charge in [0.25, 0.3) is 5.89 Å². The highest BCUT2D eigenvalue weighted by molar-refractivity contribution is 7.07.